The van der Waals surface area contributed by atoms with E-state index in [0.29, 0.717) is 6.54 Å². The Morgan fingerprint density at radius 3 is 2.60 bits per heavy atom. The molecule has 0 amide bonds. The molecule has 0 spiro atoms. The van der Waals surface area contributed by atoms with Crippen molar-refractivity contribution in [1.82, 2.24) is 9.55 Å². The zero-order valence-corrected chi connectivity index (χ0v) is 11.6. The second-order valence-corrected chi connectivity index (χ2v) is 5.05. The quantitative estimate of drug-likeness (QED) is 0.665. The summed E-state index contributed by atoms with van der Waals surface area (Å²) in [7, 11) is 0. The highest BCUT2D eigenvalue weighted by Gasteiger charge is 2.10. The molecule has 0 aliphatic carbocycles. The van der Waals surface area contributed by atoms with E-state index in [-0.39, 0.29) is 0 Å². The number of imidazole rings is 1. The third-order valence-electron chi connectivity index (χ3n) is 3.26. The van der Waals surface area contributed by atoms with Gasteiger partial charge >= 0.3 is 0 Å². The van der Waals surface area contributed by atoms with E-state index in [1.54, 1.807) is 0 Å². The van der Waals surface area contributed by atoms with Crippen LogP contribution in [0.1, 0.15) is 11.4 Å². The van der Waals surface area contributed by atoms with Gasteiger partial charge in [-0.05, 0) is 29.8 Å². The smallest absolute Gasteiger partial charge is 0.115 e. The minimum absolute atomic E-state index is 0.531. The summed E-state index contributed by atoms with van der Waals surface area (Å²) in [4.78, 5) is 4.68. The van der Waals surface area contributed by atoms with Gasteiger partial charge in [0.05, 0.1) is 17.6 Å². The topological polar surface area (TPSA) is 17.8 Å². The van der Waals surface area contributed by atoms with Crippen molar-refractivity contribution >= 4 is 22.6 Å². The van der Waals surface area contributed by atoms with Crippen LogP contribution < -0.4 is 0 Å². The summed E-state index contributed by atoms with van der Waals surface area (Å²) in [5.41, 5.74) is 3.23. The number of hydrogen-bond donors (Lipinski definition) is 0. The number of para-hydroxylation sites is 2. The van der Waals surface area contributed by atoms with Gasteiger partial charge in [0.15, 0.2) is 0 Å². The SMILES string of the molecule is C#CCn1c(Cc2ccc(Cl)cc2)nc2ccccc21. The van der Waals surface area contributed by atoms with Crippen LogP contribution in [0.15, 0.2) is 48.5 Å². The molecule has 1 heterocycles. The summed E-state index contributed by atoms with van der Waals surface area (Å²) in [6.07, 6.45) is 6.22. The summed E-state index contributed by atoms with van der Waals surface area (Å²) in [6.45, 7) is 0.531. The van der Waals surface area contributed by atoms with Gasteiger partial charge in [-0.3, -0.25) is 0 Å². The Kier molecular flexibility index (Phi) is 3.45. The lowest BCUT2D eigenvalue weighted by molar-refractivity contribution is 0.794. The van der Waals surface area contributed by atoms with Crippen LogP contribution >= 0.6 is 11.6 Å². The maximum Gasteiger partial charge on any atom is 0.115 e. The van der Waals surface area contributed by atoms with Crippen LogP contribution in [0, 0.1) is 12.3 Å². The van der Waals surface area contributed by atoms with Crippen LogP contribution in [0.4, 0.5) is 0 Å². The standard InChI is InChI=1S/C17H13ClN2/c1-2-11-20-16-6-4-3-5-15(16)19-17(20)12-13-7-9-14(18)10-8-13/h1,3-10H,11-12H2. The second kappa shape index (κ2) is 5.40. The van der Waals surface area contributed by atoms with Crippen LogP contribution in [0.3, 0.4) is 0 Å². The molecule has 3 rings (SSSR count). The minimum atomic E-state index is 0.531. The molecule has 2 aromatic carbocycles. The molecule has 0 unspecified atom stereocenters. The van der Waals surface area contributed by atoms with Crippen molar-refractivity contribution in [3.63, 3.8) is 0 Å². The van der Waals surface area contributed by atoms with E-state index in [9.17, 15) is 0 Å². The molecule has 3 heteroatoms. The molecule has 2 nitrogen and oxygen atoms in total. The van der Waals surface area contributed by atoms with Crippen LogP contribution in [0.5, 0.6) is 0 Å². The highest BCUT2D eigenvalue weighted by atomic mass is 35.5. The van der Waals surface area contributed by atoms with E-state index in [1.165, 1.54) is 5.56 Å². The Morgan fingerprint density at radius 1 is 1.10 bits per heavy atom. The van der Waals surface area contributed by atoms with Gasteiger partial charge in [0.1, 0.15) is 5.82 Å². The van der Waals surface area contributed by atoms with Gasteiger partial charge in [0.2, 0.25) is 0 Å². The summed E-state index contributed by atoms with van der Waals surface area (Å²) in [5.74, 6) is 3.68. The van der Waals surface area contributed by atoms with Gasteiger partial charge in [0, 0.05) is 11.4 Å². The zero-order valence-electron chi connectivity index (χ0n) is 10.9. The molecule has 1 aromatic heterocycles. The zero-order chi connectivity index (χ0) is 13.9. The number of aromatic nitrogens is 2. The lowest BCUT2D eigenvalue weighted by Gasteiger charge is -2.05. The van der Waals surface area contributed by atoms with Crippen molar-refractivity contribution in [2.24, 2.45) is 0 Å². The molecular weight excluding hydrogens is 268 g/mol. The summed E-state index contributed by atoms with van der Waals surface area (Å²) < 4.78 is 2.09. The Bertz CT molecular complexity index is 779. The monoisotopic (exact) mass is 280 g/mol. The Hall–Kier alpha value is -2.24. The van der Waals surface area contributed by atoms with Gasteiger partial charge in [0.25, 0.3) is 0 Å². The van der Waals surface area contributed by atoms with Crippen LogP contribution in [0.2, 0.25) is 5.02 Å². The van der Waals surface area contributed by atoms with Crippen molar-refractivity contribution in [1.29, 1.82) is 0 Å². The molecule has 0 aliphatic heterocycles. The normalized spacial score (nSPS) is 10.6. The molecule has 98 valence electrons. The minimum Gasteiger partial charge on any atom is -0.316 e. The van der Waals surface area contributed by atoms with Gasteiger partial charge in [-0.1, -0.05) is 41.8 Å². The lowest BCUT2D eigenvalue weighted by atomic mass is 10.1. The first-order valence-electron chi connectivity index (χ1n) is 6.40. The lowest BCUT2D eigenvalue weighted by Crippen LogP contribution is -2.03. The maximum absolute atomic E-state index is 5.91. The fraction of sp³-hybridized carbons (Fsp3) is 0.118. The Labute approximate surface area is 123 Å². The molecule has 0 saturated heterocycles. The molecular formula is C17H13ClN2. The average molecular weight is 281 g/mol. The van der Waals surface area contributed by atoms with E-state index in [2.05, 4.69) is 15.5 Å². The first-order valence-corrected chi connectivity index (χ1v) is 6.78. The van der Waals surface area contributed by atoms with Crippen LogP contribution in [-0.2, 0) is 13.0 Å². The van der Waals surface area contributed by atoms with Gasteiger partial charge < -0.3 is 4.57 Å². The predicted octanol–water partition coefficient (Wildman–Crippen LogP) is 3.91. The van der Waals surface area contributed by atoms with E-state index in [0.717, 1.165) is 28.3 Å². The first kappa shape index (κ1) is 12.8. The maximum atomic E-state index is 5.91. The number of nitrogens with zero attached hydrogens (tertiary/aromatic N) is 2. The van der Waals surface area contributed by atoms with E-state index in [1.807, 2.05) is 48.5 Å². The van der Waals surface area contributed by atoms with Crippen molar-refractivity contribution in [3.05, 3.63) is 64.9 Å². The van der Waals surface area contributed by atoms with Crippen molar-refractivity contribution < 1.29 is 0 Å². The van der Waals surface area contributed by atoms with Crippen LogP contribution in [0.25, 0.3) is 11.0 Å². The van der Waals surface area contributed by atoms with Crippen molar-refractivity contribution in [2.75, 3.05) is 0 Å². The molecule has 0 aliphatic rings. The average Bonchev–Trinajstić information content (AvgIpc) is 2.80. The van der Waals surface area contributed by atoms with Gasteiger partial charge in [-0.15, -0.1) is 6.42 Å². The first-order chi connectivity index (χ1) is 9.78. The van der Waals surface area contributed by atoms with E-state index >= 15 is 0 Å². The van der Waals surface area contributed by atoms with Crippen molar-refractivity contribution in [2.45, 2.75) is 13.0 Å². The third-order valence-corrected chi connectivity index (χ3v) is 3.51. The highest BCUT2D eigenvalue weighted by molar-refractivity contribution is 6.30. The molecule has 0 N–H and O–H groups in total. The van der Waals surface area contributed by atoms with E-state index in [4.69, 9.17) is 18.0 Å². The second-order valence-electron chi connectivity index (χ2n) is 4.61. The number of hydrogen-bond acceptors (Lipinski definition) is 1. The van der Waals surface area contributed by atoms with Gasteiger partial charge in [-0.2, -0.15) is 0 Å². The molecule has 0 saturated carbocycles. The molecule has 0 atom stereocenters. The Morgan fingerprint density at radius 2 is 1.85 bits per heavy atom. The summed E-state index contributed by atoms with van der Waals surface area (Å²) in [6, 6.07) is 15.9. The highest BCUT2D eigenvalue weighted by Crippen LogP contribution is 2.19. The fourth-order valence-corrected chi connectivity index (χ4v) is 2.44. The van der Waals surface area contributed by atoms with Crippen molar-refractivity contribution in [3.8, 4) is 12.3 Å². The molecule has 20 heavy (non-hydrogen) atoms. The molecule has 0 bridgehead atoms. The summed E-state index contributed by atoms with van der Waals surface area (Å²) in [5, 5.41) is 0.742. The summed E-state index contributed by atoms with van der Waals surface area (Å²) >= 11 is 5.91. The van der Waals surface area contributed by atoms with Crippen LogP contribution in [-0.4, -0.2) is 9.55 Å². The molecule has 3 aromatic rings. The molecule has 0 radical (unpaired) electrons. The van der Waals surface area contributed by atoms with Gasteiger partial charge in [-0.25, -0.2) is 4.98 Å². The molecule has 0 fully saturated rings. The number of fused-ring (bicyclic) bond motifs is 1. The van der Waals surface area contributed by atoms with E-state index < -0.39 is 0 Å². The fourth-order valence-electron chi connectivity index (χ4n) is 2.31. The number of halogens is 1. The number of benzene rings is 2. The number of rotatable bonds is 3. The number of terminal acetylenes is 1. The Balaban J connectivity index is 2.04. The largest absolute Gasteiger partial charge is 0.316 e. The third kappa shape index (κ3) is 2.41. The predicted molar refractivity (Wildman–Crippen MR) is 82.8 cm³/mol.